The van der Waals surface area contributed by atoms with Crippen molar-refractivity contribution in [2.24, 2.45) is 17.3 Å². The minimum Gasteiger partial charge on any atom is -0.390 e. The average Bonchev–Trinajstić information content (AvgIpc) is 3.50. The summed E-state index contributed by atoms with van der Waals surface area (Å²) in [6.07, 6.45) is 6.98. The molecule has 7 heteroatoms. The molecule has 3 unspecified atom stereocenters. The van der Waals surface area contributed by atoms with Gasteiger partial charge in [0.2, 0.25) is 0 Å². The number of fused-ring (bicyclic) bond motifs is 2. The molecule has 0 amide bonds. The topological polar surface area (TPSA) is 81.6 Å². The lowest BCUT2D eigenvalue weighted by Gasteiger charge is -2.65. The van der Waals surface area contributed by atoms with Gasteiger partial charge in [-0.25, -0.2) is 0 Å². The summed E-state index contributed by atoms with van der Waals surface area (Å²) in [7, 11) is 3.97. The molecule has 3 aliphatic carbocycles. The van der Waals surface area contributed by atoms with Crippen LogP contribution in [0.15, 0.2) is 24.3 Å². The Bertz CT molecular complexity index is 1280. The van der Waals surface area contributed by atoms with Gasteiger partial charge in [0, 0.05) is 29.0 Å². The van der Waals surface area contributed by atoms with Crippen LogP contribution in [0.25, 0.3) is 16.5 Å². The summed E-state index contributed by atoms with van der Waals surface area (Å²) in [5, 5.41) is 31.0. The highest BCUT2D eigenvalue weighted by Gasteiger charge is 2.76. The summed E-state index contributed by atoms with van der Waals surface area (Å²) < 4.78 is 7.34. The molecule has 7 rings (SSSR count). The van der Waals surface area contributed by atoms with Crippen LogP contribution in [0.4, 0.5) is 0 Å². The number of aliphatic hydroxyl groups is 2. The fraction of sp³-hybridized carbons (Fsp3) is 0.690. The van der Waals surface area contributed by atoms with Crippen molar-refractivity contribution in [3.05, 3.63) is 35.5 Å². The van der Waals surface area contributed by atoms with E-state index >= 15 is 0 Å². The van der Waals surface area contributed by atoms with Crippen molar-refractivity contribution < 1.29 is 14.9 Å². The van der Waals surface area contributed by atoms with Crippen molar-refractivity contribution in [3.63, 3.8) is 0 Å². The van der Waals surface area contributed by atoms with E-state index in [4.69, 9.17) is 16.3 Å². The first kappa shape index (κ1) is 23.7. The van der Waals surface area contributed by atoms with Crippen LogP contribution >= 0.6 is 11.6 Å². The molecule has 2 saturated carbocycles. The number of aromatic amines is 1. The standard InChI is InChI=1S/C29H38ClN3O3/c1-16-18-13-17(5-7-21(18)32-31-16)19-6-8-23-26(19,2)9-11-28(30)14-20-24(34)25(35)22(33(3)4)15-27(20)10-12-29(23,28)36-27/h5-7,13,20,22-25,34-35H,8-12,14-15H2,1-4H3,(H,31,32)/t20?,22-,23?,24+,25+,26+,27+,28?,29-/m0/s1. The maximum atomic E-state index is 11.3. The van der Waals surface area contributed by atoms with Gasteiger partial charge in [-0.15, -0.1) is 11.6 Å². The fourth-order valence-electron chi connectivity index (χ4n) is 9.31. The van der Waals surface area contributed by atoms with Crippen molar-refractivity contribution in [1.29, 1.82) is 0 Å². The van der Waals surface area contributed by atoms with Gasteiger partial charge in [0.1, 0.15) is 0 Å². The third-order valence-corrected chi connectivity index (χ3v) is 11.9. The number of aromatic nitrogens is 2. The zero-order valence-electron chi connectivity index (χ0n) is 21.7. The number of nitrogens with zero attached hydrogens (tertiary/aromatic N) is 2. The second kappa shape index (κ2) is 7.35. The summed E-state index contributed by atoms with van der Waals surface area (Å²) in [4.78, 5) is 1.53. The van der Waals surface area contributed by atoms with Gasteiger partial charge in [0.25, 0.3) is 0 Å². The largest absolute Gasteiger partial charge is 0.390 e. The molecule has 3 N–H and O–H groups in total. The van der Waals surface area contributed by atoms with Crippen molar-refractivity contribution in [1.82, 2.24) is 15.1 Å². The minimum atomic E-state index is -0.812. The number of aliphatic hydroxyl groups excluding tert-OH is 2. The first-order valence-electron chi connectivity index (χ1n) is 13.6. The predicted molar refractivity (Wildman–Crippen MR) is 141 cm³/mol. The lowest BCUT2D eigenvalue weighted by Crippen LogP contribution is -2.72. The van der Waals surface area contributed by atoms with E-state index in [-0.39, 0.29) is 17.4 Å². The number of nitrogens with one attached hydrogen (secondary N) is 1. The van der Waals surface area contributed by atoms with Crippen LogP contribution in [-0.4, -0.2) is 73.7 Å². The Morgan fingerprint density at radius 2 is 1.92 bits per heavy atom. The molecule has 5 aliphatic rings. The quantitative estimate of drug-likeness (QED) is 0.520. The number of hydrogen-bond donors (Lipinski definition) is 3. The van der Waals surface area contributed by atoms with Crippen LogP contribution < -0.4 is 0 Å². The zero-order chi connectivity index (χ0) is 25.3. The fourth-order valence-corrected chi connectivity index (χ4v) is 9.84. The molecular formula is C29H38ClN3O3. The number of benzene rings is 1. The smallest absolute Gasteiger partial charge is 0.0958 e. The van der Waals surface area contributed by atoms with Gasteiger partial charge < -0.3 is 19.8 Å². The van der Waals surface area contributed by atoms with Crippen molar-refractivity contribution in [3.8, 4) is 0 Å². The summed E-state index contributed by atoms with van der Waals surface area (Å²) in [6, 6.07) is 6.52. The van der Waals surface area contributed by atoms with Crippen molar-refractivity contribution >= 4 is 28.1 Å². The van der Waals surface area contributed by atoms with Gasteiger partial charge in [-0.2, -0.15) is 5.10 Å². The van der Waals surface area contributed by atoms with Crippen molar-refractivity contribution in [2.75, 3.05) is 14.1 Å². The monoisotopic (exact) mass is 511 g/mol. The Morgan fingerprint density at radius 1 is 1.11 bits per heavy atom. The van der Waals surface area contributed by atoms with Gasteiger partial charge in [-0.1, -0.05) is 19.1 Å². The van der Waals surface area contributed by atoms with Gasteiger partial charge in [-0.3, -0.25) is 5.10 Å². The Kier molecular flexibility index (Phi) is 4.83. The van der Waals surface area contributed by atoms with Gasteiger partial charge in [-0.05, 0) is 94.6 Å². The lowest BCUT2D eigenvalue weighted by atomic mass is 9.52. The first-order chi connectivity index (χ1) is 17.0. The molecular weight excluding hydrogens is 474 g/mol. The van der Waals surface area contributed by atoms with Gasteiger partial charge in [0.15, 0.2) is 0 Å². The Balaban J connectivity index is 1.28. The summed E-state index contributed by atoms with van der Waals surface area (Å²) in [5.41, 5.74) is 3.95. The van der Waals surface area contributed by atoms with Crippen LogP contribution in [-0.2, 0) is 4.74 Å². The van der Waals surface area contributed by atoms with Crippen LogP contribution in [0.2, 0.25) is 0 Å². The minimum absolute atomic E-state index is 0.0180. The number of alkyl halides is 1. The summed E-state index contributed by atoms with van der Waals surface area (Å²) >= 11 is 7.63. The highest BCUT2D eigenvalue weighted by molar-refractivity contribution is 6.25. The maximum absolute atomic E-state index is 11.3. The molecule has 4 fully saturated rings. The number of likely N-dealkylation sites (N-methyl/N-ethyl adjacent to an activating group) is 1. The van der Waals surface area contributed by atoms with Gasteiger partial charge in [0.05, 0.1) is 33.8 Å². The third-order valence-electron chi connectivity index (χ3n) is 11.3. The number of allylic oxidation sites excluding steroid dienone is 2. The molecule has 2 bridgehead atoms. The van der Waals surface area contributed by atoms with Crippen LogP contribution in [0, 0.1) is 24.2 Å². The molecule has 36 heavy (non-hydrogen) atoms. The molecule has 3 heterocycles. The number of ether oxygens (including phenoxy) is 1. The molecule has 2 aliphatic heterocycles. The van der Waals surface area contributed by atoms with Crippen LogP contribution in [0.1, 0.15) is 63.1 Å². The third kappa shape index (κ3) is 2.75. The zero-order valence-corrected chi connectivity index (χ0v) is 22.5. The molecule has 1 aromatic carbocycles. The molecule has 6 nitrogen and oxygen atoms in total. The van der Waals surface area contributed by atoms with Crippen molar-refractivity contribution in [2.45, 2.75) is 93.1 Å². The van der Waals surface area contributed by atoms with E-state index in [0.29, 0.717) is 5.92 Å². The molecule has 194 valence electrons. The highest BCUT2D eigenvalue weighted by Crippen LogP contribution is 2.73. The number of aryl methyl sites for hydroxylation is 1. The van der Waals surface area contributed by atoms with Crippen LogP contribution in [0.5, 0.6) is 0 Å². The Hall–Kier alpha value is -1.44. The Morgan fingerprint density at radius 3 is 2.69 bits per heavy atom. The average molecular weight is 512 g/mol. The van der Waals surface area contributed by atoms with E-state index in [1.54, 1.807) is 0 Å². The molecule has 9 atom stereocenters. The number of H-pyrrole nitrogens is 1. The van der Waals surface area contributed by atoms with E-state index in [9.17, 15) is 10.2 Å². The van der Waals surface area contributed by atoms with Gasteiger partial charge >= 0.3 is 0 Å². The van der Waals surface area contributed by atoms with E-state index in [1.165, 1.54) is 16.5 Å². The highest BCUT2D eigenvalue weighted by atomic mass is 35.5. The summed E-state index contributed by atoms with van der Waals surface area (Å²) in [5.74, 6) is 0.177. The second-order valence-electron chi connectivity index (χ2n) is 13.0. The molecule has 2 aromatic rings. The number of halogens is 1. The van der Waals surface area contributed by atoms with E-state index in [1.807, 2.05) is 19.0 Å². The first-order valence-corrected chi connectivity index (χ1v) is 14.0. The predicted octanol–water partition coefficient (Wildman–Crippen LogP) is 4.42. The van der Waals surface area contributed by atoms with E-state index < -0.39 is 28.3 Å². The maximum Gasteiger partial charge on any atom is 0.0958 e. The van der Waals surface area contributed by atoms with E-state index in [2.05, 4.69) is 48.3 Å². The molecule has 2 spiro atoms. The Labute approximate surface area is 218 Å². The van der Waals surface area contributed by atoms with Crippen LogP contribution in [0.3, 0.4) is 0 Å². The molecule has 2 saturated heterocycles. The lowest BCUT2D eigenvalue weighted by molar-refractivity contribution is -0.276. The molecule has 1 aromatic heterocycles. The normalized spacial score (nSPS) is 47.6. The van der Waals surface area contributed by atoms with E-state index in [0.717, 1.165) is 56.2 Å². The number of rotatable bonds is 2. The SMILES string of the molecule is Cc1[nH]nc2ccc(C3=CCC4[C@@]56CC[C@]7(C[C@H](N(C)C)[C@@H](O)[C@H](O)C7CC5(Cl)CC[C@]34C)O6)cc12. The molecule has 0 radical (unpaired) electrons. The second-order valence-corrected chi connectivity index (χ2v) is 13.7. The number of hydrogen-bond acceptors (Lipinski definition) is 5. The summed E-state index contributed by atoms with van der Waals surface area (Å²) in [6.45, 7) is 4.51.